The molecule has 2 atom stereocenters. The van der Waals surface area contributed by atoms with E-state index in [4.69, 9.17) is 4.74 Å². The normalized spacial score (nSPS) is 15.0. The minimum absolute atomic E-state index is 0.0823. The van der Waals surface area contributed by atoms with Gasteiger partial charge in [0.1, 0.15) is 5.60 Å². The van der Waals surface area contributed by atoms with Crippen LogP contribution < -0.4 is 5.32 Å². The fourth-order valence-electron chi connectivity index (χ4n) is 2.83. The molecule has 1 rings (SSSR count). The molecule has 0 aromatic heterocycles. The molecule has 0 spiro atoms. The minimum Gasteiger partial charge on any atom is -0.444 e. The van der Waals surface area contributed by atoms with Crippen molar-refractivity contribution < 1.29 is 14.3 Å². The average molecular weight is 392 g/mol. The van der Waals surface area contributed by atoms with Crippen LogP contribution in [0.2, 0.25) is 23.7 Å². The molecule has 27 heavy (non-hydrogen) atoms. The van der Waals surface area contributed by atoms with E-state index in [9.17, 15) is 9.59 Å². The third kappa shape index (κ3) is 6.80. The maximum atomic E-state index is 13.4. The van der Waals surface area contributed by atoms with Crippen molar-refractivity contribution >= 4 is 20.0 Å². The van der Waals surface area contributed by atoms with Gasteiger partial charge in [0.2, 0.25) is 0 Å². The van der Waals surface area contributed by atoms with E-state index in [-0.39, 0.29) is 16.4 Å². The quantitative estimate of drug-likeness (QED) is 0.643. The van der Waals surface area contributed by atoms with Crippen LogP contribution in [-0.2, 0) is 16.0 Å². The van der Waals surface area contributed by atoms with Gasteiger partial charge in [0.15, 0.2) is 5.78 Å². The largest absolute Gasteiger partial charge is 0.444 e. The molecule has 1 aromatic carbocycles. The molecule has 0 fully saturated rings. The summed E-state index contributed by atoms with van der Waals surface area (Å²) in [6.45, 7) is 18.6. The first-order valence-corrected chi connectivity index (χ1v) is 12.8. The Morgan fingerprint density at radius 1 is 1.04 bits per heavy atom. The third-order valence-corrected chi connectivity index (χ3v) is 12.1. The van der Waals surface area contributed by atoms with E-state index in [1.807, 2.05) is 58.0 Å². The average Bonchev–Trinajstić information content (AvgIpc) is 2.51. The number of Topliss-reactive ketones (excluding diaryl/α,β-unsaturated/α-hetero) is 1. The molecule has 0 aliphatic rings. The smallest absolute Gasteiger partial charge is 0.408 e. The summed E-state index contributed by atoms with van der Waals surface area (Å²) in [5, 5.41) is 2.93. The lowest BCUT2D eigenvalue weighted by Gasteiger charge is -2.42. The molecule has 1 amide bonds. The van der Waals surface area contributed by atoms with Crippen LogP contribution in [-0.4, -0.2) is 31.6 Å². The van der Waals surface area contributed by atoms with Crippen LogP contribution >= 0.6 is 0 Å². The van der Waals surface area contributed by atoms with Crippen molar-refractivity contribution in [2.45, 2.75) is 90.2 Å². The first-order valence-electron chi connectivity index (χ1n) is 9.72. The van der Waals surface area contributed by atoms with Gasteiger partial charge in [-0.3, -0.25) is 4.79 Å². The van der Waals surface area contributed by atoms with Gasteiger partial charge in [0.05, 0.1) is 14.1 Å². The van der Waals surface area contributed by atoms with Crippen LogP contribution in [0.25, 0.3) is 0 Å². The van der Waals surface area contributed by atoms with Crippen molar-refractivity contribution in [3.8, 4) is 0 Å². The van der Waals surface area contributed by atoms with Crippen molar-refractivity contribution in [1.29, 1.82) is 0 Å². The van der Waals surface area contributed by atoms with Crippen LogP contribution in [0.1, 0.15) is 54.0 Å². The highest BCUT2D eigenvalue weighted by Gasteiger charge is 2.44. The van der Waals surface area contributed by atoms with Crippen molar-refractivity contribution in [2.24, 2.45) is 0 Å². The second kappa shape index (κ2) is 8.59. The van der Waals surface area contributed by atoms with E-state index < -0.39 is 25.8 Å². The van der Waals surface area contributed by atoms with Crippen molar-refractivity contribution in [3.05, 3.63) is 35.9 Å². The summed E-state index contributed by atoms with van der Waals surface area (Å²) in [5.74, 6) is 0.0938. The number of alkyl carbamates (subject to hydrolysis) is 1. The molecule has 152 valence electrons. The molecule has 0 heterocycles. The molecule has 0 saturated heterocycles. The Labute approximate surface area is 166 Å². The van der Waals surface area contributed by atoms with Crippen molar-refractivity contribution in [1.82, 2.24) is 5.32 Å². The maximum absolute atomic E-state index is 13.4. The van der Waals surface area contributed by atoms with Crippen LogP contribution in [0.4, 0.5) is 4.79 Å². The Bertz CT molecular complexity index is 642. The van der Waals surface area contributed by atoms with Gasteiger partial charge >= 0.3 is 6.09 Å². The van der Waals surface area contributed by atoms with Gasteiger partial charge in [-0.1, -0.05) is 71.1 Å². The molecule has 0 radical (unpaired) electrons. The van der Waals surface area contributed by atoms with E-state index in [0.717, 1.165) is 5.56 Å². The topological polar surface area (TPSA) is 55.4 Å². The van der Waals surface area contributed by atoms with Crippen molar-refractivity contribution in [3.63, 3.8) is 0 Å². The van der Waals surface area contributed by atoms with Crippen molar-refractivity contribution in [2.75, 3.05) is 0 Å². The fraction of sp³-hybridized carbons (Fsp3) is 0.636. The standard InChI is InChI=1S/C22H37NO3Si/c1-16(27(8,9)22(5,6)7)19(24)18(15-17-13-11-10-12-14-17)23-20(25)26-21(2,3)4/h10-14,16,18H,15H2,1-9H3,(H,23,25)/t16-,18+/m0/s1. The summed E-state index contributed by atoms with van der Waals surface area (Å²) in [7, 11) is -1.89. The van der Waals surface area contributed by atoms with Gasteiger partial charge in [-0.15, -0.1) is 0 Å². The Morgan fingerprint density at radius 2 is 1.56 bits per heavy atom. The molecule has 0 unspecified atom stereocenters. The van der Waals surface area contributed by atoms with Gasteiger partial charge in [-0.05, 0) is 37.8 Å². The number of ketones is 1. The molecule has 0 aliphatic carbocycles. The van der Waals surface area contributed by atoms with E-state index in [1.165, 1.54) is 0 Å². The first kappa shape index (κ1) is 23.4. The van der Waals surface area contributed by atoms with Crippen LogP contribution in [0.3, 0.4) is 0 Å². The Balaban J connectivity index is 3.09. The van der Waals surface area contributed by atoms with Crippen LogP contribution in [0.5, 0.6) is 0 Å². The third-order valence-electron chi connectivity index (χ3n) is 5.76. The molecular weight excluding hydrogens is 354 g/mol. The van der Waals surface area contributed by atoms with E-state index in [0.29, 0.717) is 6.42 Å². The number of carbonyl (C=O) groups is 2. The zero-order valence-corrected chi connectivity index (χ0v) is 19.5. The fourth-order valence-corrected chi connectivity index (χ4v) is 5.04. The minimum atomic E-state index is -1.89. The first-order chi connectivity index (χ1) is 12.1. The predicted molar refractivity (Wildman–Crippen MR) is 115 cm³/mol. The monoisotopic (exact) mass is 391 g/mol. The van der Waals surface area contributed by atoms with Gasteiger partial charge in [-0.25, -0.2) is 4.79 Å². The maximum Gasteiger partial charge on any atom is 0.408 e. The number of hydrogen-bond donors (Lipinski definition) is 1. The highest BCUT2D eigenvalue weighted by atomic mass is 28.3. The second-order valence-electron chi connectivity index (χ2n) is 9.98. The SMILES string of the molecule is C[C@@H](C(=O)[C@@H](Cc1ccccc1)NC(=O)OC(C)(C)C)[Si](C)(C)C(C)(C)C. The number of benzene rings is 1. The zero-order chi connectivity index (χ0) is 21.0. The molecule has 1 N–H and O–H groups in total. The summed E-state index contributed by atoms with van der Waals surface area (Å²) in [6, 6.07) is 9.21. The summed E-state index contributed by atoms with van der Waals surface area (Å²) >= 11 is 0. The molecular formula is C22H37NO3Si. The number of rotatable bonds is 6. The second-order valence-corrected chi connectivity index (χ2v) is 15.8. The lowest BCUT2D eigenvalue weighted by atomic mass is 10.0. The summed E-state index contributed by atoms with van der Waals surface area (Å²) in [4.78, 5) is 25.8. The summed E-state index contributed by atoms with van der Waals surface area (Å²) in [5.41, 5.74) is 0.339. The molecule has 0 aliphatic heterocycles. The number of hydrogen-bond acceptors (Lipinski definition) is 3. The molecule has 1 aromatic rings. The summed E-state index contributed by atoms with van der Waals surface area (Å²) in [6.07, 6.45) is -0.0723. The number of ether oxygens (including phenoxy) is 1. The number of amides is 1. The van der Waals surface area contributed by atoms with Gasteiger partial charge in [0, 0.05) is 5.54 Å². The van der Waals surface area contributed by atoms with E-state index >= 15 is 0 Å². The van der Waals surface area contributed by atoms with Crippen LogP contribution in [0, 0.1) is 0 Å². The molecule has 0 bridgehead atoms. The Kier molecular flexibility index (Phi) is 7.45. The van der Waals surface area contributed by atoms with Gasteiger partial charge in [-0.2, -0.15) is 0 Å². The lowest BCUT2D eigenvalue weighted by molar-refractivity contribution is -0.121. The zero-order valence-electron chi connectivity index (χ0n) is 18.5. The lowest BCUT2D eigenvalue weighted by Crippen LogP contribution is -2.52. The van der Waals surface area contributed by atoms with Gasteiger partial charge in [0.25, 0.3) is 0 Å². The Morgan fingerprint density at radius 3 is 2.00 bits per heavy atom. The molecule has 5 heteroatoms. The molecule has 4 nitrogen and oxygen atoms in total. The van der Waals surface area contributed by atoms with E-state index in [1.54, 1.807) is 0 Å². The molecule has 0 saturated carbocycles. The number of carbonyl (C=O) groups excluding carboxylic acids is 2. The highest BCUT2D eigenvalue weighted by molar-refractivity contribution is 6.84. The highest BCUT2D eigenvalue weighted by Crippen LogP contribution is 2.44. The van der Waals surface area contributed by atoms with Gasteiger partial charge < -0.3 is 10.1 Å². The van der Waals surface area contributed by atoms with E-state index in [2.05, 4.69) is 39.2 Å². The predicted octanol–water partition coefficient (Wildman–Crippen LogP) is 5.59. The van der Waals surface area contributed by atoms with Crippen LogP contribution in [0.15, 0.2) is 30.3 Å². The summed E-state index contributed by atoms with van der Waals surface area (Å²) < 4.78 is 5.40. The number of nitrogens with one attached hydrogen (secondary N) is 1. The Hall–Kier alpha value is -1.62.